The van der Waals surface area contributed by atoms with Gasteiger partial charge in [-0.25, -0.2) is 4.98 Å². The molecule has 2 heteroatoms. The van der Waals surface area contributed by atoms with Gasteiger partial charge in [-0.05, 0) is 18.4 Å². The molecule has 3 rings (SSSR count). The number of rotatable bonds is 3. The average molecular weight is 236 g/mol. The minimum absolute atomic E-state index is 0.0282. The van der Waals surface area contributed by atoms with Crippen LogP contribution in [0.1, 0.15) is 17.8 Å². The molecule has 0 saturated heterocycles. The molecule has 0 amide bonds. The van der Waals surface area contributed by atoms with Gasteiger partial charge in [-0.15, -0.1) is 0 Å². The van der Waals surface area contributed by atoms with Gasteiger partial charge in [0.1, 0.15) is 5.82 Å². The van der Waals surface area contributed by atoms with Crippen LogP contribution in [0, 0.1) is 0 Å². The van der Waals surface area contributed by atoms with Crippen LogP contribution in [0.4, 0.5) is 0 Å². The summed E-state index contributed by atoms with van der Waals surface area (Å²) in [6.07, 6.45) is 14.4. The first-order valence-electron chi connectivity index (χ1n) is 6.27. The third kappa shape index (κ3) is 2.02. The van der Waals surface area contributed by atoms with Crippen LogP contribution in [0.2, 0.25) is 0 Å². The summed E-state index contributed by atoms with van der Waals surface area (Å²) in [5.41, 5.74) is 1.31. The van der Waals surface area contributed by atoms with Gasteiger partial charge in [-0.1, -0.05) is 54.6 Å². The Morgan fingerprint density at radius 3 is 2.72 bits per heavy atom. The Bertz CT molecular complexity index is 552. The highest BCUT2D eigenvalue weighted by Crippen LogP contribution is 2.33. The van der Waals surface area contributed by atoms with Gasteiger partial charge in [0.25, 0.3) is 0 Å². The number of benzene rings is 1. The van der Waals surface area contributed by atoms with Crippen molar-refractivity contribution in [1.29, 1.82) is 0 Å². The van der Waals surface area contributed by atoms with Gasteiger partial charge in [0.15, 0.2) is 0 Å². The zero-order valence-electron chi connectivity index (χ0n) is 10.2. The molecular formula is C16H16N2. The number of allylic oxidation sites excluding steroid dienone is 4. The molecule has 1 N–H and O–H groups in total. The van der Waals surface area contributed by atoms with Gasteiger partial charge in [0.05, 0.1) is 5.41 Å². The highest BCUT2D eigenvalue weighted by molar-refractivity contribution is 5.32. The van der Waals surface area contributed by atoms with Gasteiger partial charge in [-0.3, -0.25) is 0 Å². The number of hydrogen-bond acceptors (Lipinski definition) is 1. The molecule has 0 spiro atoms. The van der Waals surface area contributed by atoms with Gasteiger partial charge < -0.3 is 4.98 Å². The summed E-state index contributed by atoms with van der Waals surface area (Å²) in [6.45, 7) is 0. The number of aromatic amines is 1. The quantitative estimate of drug-likeness (QED) is 0.869. The summed E-state index contributed by atoms with van der Waals surface area (Å²) >= 11 is 0. The molecule has 2 nitrogen and oxygen atoms in total. The van der Waals surface area contributed by atoms with Crippen molar-refractivity contribution in [2.45, 2.75) is 18.3 Å². The zero-order chi connectivity index (χ0) is 12.3. The highest BCUT2D eigenvalue weighted by Gasteiger charge is 2.32. The van der Waals surface area contributed by atoms with Crippen molar-refractivity contribution >= 4 is 0 Å². The van der Waals surface area contributed by atoms with Crippen LogP contribution in [-0.4, -0.2) is 9.97 Å². The van der Waals surface area contributed by atoms with E-state index in [4.69, 9.17) is 0 Å². The summed E-state index contributed by atoms with van der Waals surface area (Å²) in [5, 5.41) is 0. The fraction of sp³-hybridized carbons (Fsp3) is 0.188. The van der Waals surface area contributed by atoms with Gasteiger partial charge in [0.2, 0.25) is 0 Å². The van der Waals surface area contributed by atoms with Crippen molar-refractivity contribution in [2.24, 2.45) is 0 Å². The second-order valence-corrected chi connectivity index (χ2v) is 4.75. The molecule has 0 bridgehead atoms. The molecular weight excluding hydrogens is 220 g/mol. The molecule has 2 aromatic rings. The lowest BCUT2D eigenvalue weighted by atomic mass is 9.76. The average Bonchev–Trinajstić information content (AvgIpc) is 2.95. The van der Waals surface area contributed by atoms with Gasteiger partial charge in [0, 0.05) is 12.4 Å². The molecule has 18 heavy (non-hydrogen) atoms. The van der Waals surface area contributed by atoms with Crippen molar-refractivity contribution in [2.75, 3.05) is 0 Å². The van der Waals surface area contributed by atoms with Crippen molar-refractivity contribution < 1.29 is 0 Å². The van der Waals surface area contributed by atoms with E-state index in [1.54, 1.807) is 0 Å². The first-order valence-corrected chi connectivity index (χ1v) is 6.27. The minimum Gasteiger partial charge on any atom is -0.348 e. The summed E-state index contributed by atoms with van der Waals surface area (Å²) in [7, 11) is 0. The van der Waals surface area contributed by atoms with Gasteiger partial charge >= 0.3 is 0 Å². The summed E-state index contributed by atoms with van der Waals surface area (Å²) in [6, 6.07) is 10.6. The highest BCUT2D eigenvalue weighted by atomic mass is 14.9. The van der Waals surface area contributed by atoms with Crippen LogP contribution in [0.5, 0.6) is 0 Å². The predicted molar refractivity (Wildman–Crippen MR) is 73.3 cm³/mol. The van der Waals surface area contributed by atoms with E-state index >= 15 is 0 Å². The Kier molecular flexibility index (Phi) is 2.85. The van der Waals surface area contributed by atoms with E-state index in [0.717, 1.165) is 18.7 Å². The largest absolute Gasteiger partial charge is 0.348 e. The number of imidazole rings is 1. The second-order valence-electron chi connectivity index (χ2n) is 4.75. The van der Waals surface area contributed by atoms with Crippen molar-refractivity contribution in [1.82, 2.24) is 9.97 Å². The number of H-pyrrole nitrogens is 1. The lowest BCUT2D eigenvalue weighted by molar-refractivity contribution is 0.504. The van der Waals surface area contributed by atoms with E-state index < -0.39 is 0 Å². The van der Waals surface area contributed by atoms with E-state index in [2.05, 4.69) is 64.6 Å². The Balaban J connectivity index is 1.97. The molecule has 0 aliphatic heterocycles. The van der Waals surface area contributed by atoms with Crippen molar-refractivity contribution in [3.05, 3.63) is 78.4 Å². The van der Waals surface area contributed by atoms with Gasteiger partial charge in [-0.2, -0.15) is 0 Å². The second kappa shape index (κ2) is 4.65. The van der Waals surface area contributed by atoms with E-state index in [-0.39, 0.29) is 5.41 Å². The molecule has 1 atom stereocenters. The normalized spacial score (nSPS) is 22.2. The van der Waals surface area contributed by atoms with Crippen LogP contribution < -0.4 is 0 Å². The maximum absolute atomic E-state index is 4.47. The molecule has 1 aliphatic rings. The van der Waals surface area contributed by atoms with Crippen molar-refractivity contribution in [3.63, 3.8) is 0 Å². The molecule has 1 aromatic carbocycles. The van der Waals surface area contributed by atoms with Crippen LogP contribution in [0.3, 0.4) is 0 Å². The Morgan fingerprint density at radius 2 is 2.06 bits per heavy atom. The SMILES string of the molecule is C1=CCC(Cc2ccccc2)(c2ncc[nH]2)C=C1. The van der Waals surface area contributed by atoms with E-state index in [1.165, 1.54) is 5.56 Å². The Morgan fingerprint density at radius 1 is 1.17 bits per heavy atom. The molecule has 1 unspecified atom stereocenters. The molecule has 90 valence electrons. The summed E-state index contributed by atoms with van der Waals surface area (Å²) in [4.78, 5) is 7.74. The molecule has 0 fully saturated rings. The fourth-order valence-corrected chi connectivity index (χ4v) is 2.55. The molecule has 0 saturated carbocycles. The number of hydrogen-bond donors (Lipinski definition) is 1. The van der Waals surface area contributed by atoms with E-state index in [9.17, 15) is 0 Å². The third-order valence-corrected chi connectivity index (χ3v) is 3.48. The monoisotopic (exact) mass is 236 g/mol. The lowest BCUT2D eigenvalue weighted by Crippen LogP contribution is -2.28. The first kappa shape index (κ1) is 11.0. The smallest absolute Gasteiger partial charge is 0.116 e. The lowest BCUT2D eigenvalue weighted by Gasteiger charge is -2.29. The standard InChI is InChI=1S/C16H16N2/c1-3-7-14(8-4-1)13-16(9-5-2-6-10-16)15-17-11-12-18-15/h1-9,11-12H,10,13H2,(H,17,18). The summed E-state index contributed by atoms with van der Waals surface area (Å²) in [5.74, 6) is 1.05. The Hall–Kier alpha value is -2.09. The molecule has 0 radical (unpaired) electrons. The number of nitrogens with zero attached hydrogens (tertiary/aromatic N) is 1. The predicted octanol–water partition coefficient (Wildman–Crippen LogP) is 3.41. The molecule has 1 aliphatic carbocycles. The first-order chi connectivity index (χ1) is 8.89. The summed E-state index contributed by atoms with van der Waals surface area (Å²) < 4.78 is 0. The molecule has 1 aromatic heterocycles. The maximum atomic E-state index is 4.47. The van der Waals surface area contributed by atoms with Crippen LogP contribution >= 0.6 is 0 Å². The number of aromatic nitrogens is 2. The van der Waals surface area contributed by atoms with E-state index in [0.29, 0.717) is 0 Å². The van der Waals surface area contributed by atoms with Crippen LogP contribution in [0.15, 0.2) is 67.0 Å². The van der Waals surface area contributed by atoms with E-state index in [1.807, 2.05) is 12.4 Å². The fourth-order valence-electron chi connectivity index (χ4n) is 2.55. The van der Waals surface area contributed by atoms with Crippen LogP contribution in [-0.2, 0) is 11.8 Å². The molecule has 1 heterocycles. The topological polar surface area (TPSA) is 28.7 Å². The Labute approximate surface area is 107 Å². The maximum Gasteiger partial charge on any atom is 0.116 e. The minimum atomic E-state index is -0.0282. The number of nitrogens with one attached hydrogen (secondary N) is 1. The van der Waals surface area contributed by atoms with Crippen LogP contribution in [0.25, 0.3) is 0 Å². The third-order valence-electron chi connectivity index (χ3n) is 3.48. The zero-order valence-corrected chi connectivity index (χ0v) is 10.2. The van der Waals surface area contributed by atoms with Crippen molar-refractivity contribution in [3.8, 4) is 0 Å².